The zero-order valence-electron chi connectivity index (χ0n) is 14.3. The SMILES string of the molecule is O=Cc1cnn2c(N3CCC(F)(F)CC3)c(-c3ccc(F)cc3Cl)c(Cl)nc12. The van der Waals surface area contributed by atoms with Crippen molar-refractivity contribution in [3.05, 3.63) is 46.0 Å². The Balaban J connectivity index is 1.98. The first-order valence-corrected chi connectivity index (χ1v) is 9.17. The molecule has 0 bridgehead atoms. The summed E-state index contributed by atoms with van der Waals surface area (Å²) < 4.78 is 42.3. The van der Waals surface area contributed by atoms with Crippen molar-refractivity contribution in [3.8, 4) is 11.1 Å². The summed E-state index contributed by atoms with van der Waals surface area (Å²) in [5.74, 6) is -2.90. The van der Waals surface area contributed by atoms with Gasteiger partial charge in [-0.05, 0) is 18.2 Å². The number of piperidine rings is 1. The predicted octanol–water partition coefficient (Wildman–Crippen LogP) is 4.89. The number of aldehydes is 1. The van der Waals surface area contributed by atoms with Gasteiger partial charge >= 0.3 is 0 Å². The van der Waals surface area contributed by atoms with Crippen LogP contribution in [0.25, 0.3) is 16.8 Å². The van der Waals surface area contributed by atoms with Crippen molar-refractivity contribution < 1.29 is 18.0 Å². The quantitative estimate of drug-likeness (QED) is 0.440. The molecule has 1 aromatic carbocycles. The molecule has 1 saturated heterocycles. The van der Waals surface area contributed by atoms with Crippen molar-refractivity contribution in [1.29, 1.82) is 0 Å². The van der Waals surface area contributed by atoms with E-state index in [1.54, 1.807) is 4.90 Å². The lowest BCUT2D eigenvalue weighted by Crippen LogP contribution is -2.40. The van der Waals surface area contributed by atoms with E-state index in [9.17, 15) is 18.0 Å². The Labute approximate surface area is 167 Å². The molecule has 28 heavy (non-hydrogen) atoms. The molecule has 0 spiro atoms. The number of carbonyl (C=O) groups is 1. The number of anilines is 1. The second-order valence-electron chi connectivity index (χ2n) is 6.52. The molecule has 3 aromatic rings. The first-order chi connectivity index (χ1) is 13.3. The maximum absolute atomic E-state index is 13.7. The van der Waals surface area contributed by atoms with Crippen LogP contribution in [0.4, 0.5) is 19.0 Å². The lowest BCUT2D eigenvalue weighted by atomic mass is 10.0. The van der Waals surface area contributed by atoms with Gasteiger partial charge in [0.2, 0.25) is 0 Å². The van der Waals surface area contributed by atoms with E-state index in [4.69, 9.17) is 23.2 Å². The molecule has 5 nitrogen and oxygen atoms in total. The fraction of sp³-hybridized carbons (Fsp3) is 0.278. The summed E-state index contributed by atoms with van der Waals surface area (Å²) in [5.41, 5.74) is 1.14. The third kappa shape index (κ3) is 3.20. The Kier molecular flexibility index (Phi) is 4.71. The van der Waals surface area contributed by atoms with Crippen LogP contribution in [0, 0.1) is 5.82 Å². The van der Waals surface area contributed by atoms with Crippen molar-refractivity contribution in [1.82, 2.24) is 14.6 Å². The molecule has 10 heteroatoms. The first-order valence-electron chi connectivity index (χ1n) is 8.41. The second-order valence-corrected chi connectivity index (χ2v) is 7.29. The molecule has 1 fully saturated rings. The molecule has 2 aromatic heterocycles. The maximum atomic E-state index is 13.7. The normalized spacial score (nSPS) is 16.5. The summed E-state index contributed by atoms with van der Waals surface area (Å²) in [6, 6.07) is 3.79. The van der Waals surface area contributed by atoms with E-state index >= 15 is 0 Å². The average Bonchev–Trinajstić information content (AvgIpc) is 3.04. The van der Waals surface area contributed by atoms with Crippen molar-refractivity contribution in [2.24, 2.45) is 0 Å². The van der Waals surface area contributed by atoms with E-state index in [0.29, 0.717) is 23.2 Å². The van der Waals surface area contributed by atoms with E-state index in [1.807, 2.05) is 0 Å². The van der Waals surface area contributed by atoms with Gasteiger partial charge in [0.25, 0.3) is 5.92 Å². The van der Waals surface area contributed by atoms with E-state index in [1.165, 1.54) is 22.8 Å². The van der Waals surface area contributed by atoms with Crippen LogP contribution in [0.3, 0.4) is 0 Å². The topological polar surface area (TPSA) is 50.5 Å². The van der Waals surface area contributed by atoms with Gasteiger partial charge < -0.3 is 4.90 Å². The van der Waals surface area contributed by atoms with Crippen LogP contribution < -0.4 is 4.90 Å². The Hall–Kier alpha value is -2.32. The first kappa shape index (κ1) is 19.0. The number of carbonyl (C=O) groups excluding carboxylic acids is 1. The largest absolute Gasteiger partial charge is 0.355 e. The molecule has 0 radical (unpaired) electrons. The molecule has 146 valence electrons. The Bertz CT molecular complexity index is 1080. The number of halogens is 5. The van der Waals surface area contributed by atoms with Crippen molar-refractivity contribution in [3.63, 3.8) is 0 Å². The number of nitrogens with zero attached hydrogens (tertiary/aromatic N) is 4. The van der Waals surface area contributed by atoms with Gasteiger partial charge in [-0.1, -0.05) is 23.2 Å². The summed E-state index contributed by atoms with van der Waals surface area (Å²) >= 11 is 12.6. The zero-order chi connectivity index (χ0) is 20.1. The molecule has 0 amide bonds. The minimum Gasteiger partial charge on any atom is -0.355 e. The highest BCUT2D eigenvalue weighted by Gasteiger charge is 2.36. The number of hydrogen-bond donors (Lipinski definition) is 0. The van der Waals surface area contributed by atoms with Gasteiger partial charge in [-0.3, -0.25) is 4.79 Å². The molecule has 0 N–H and O–H groups in total. The van der Waals surface area contributed by atoms with Gasteiger partial charge in [0.1, 0.15) is 16.8 Å². The van der Waals surface area contributed by atoms with Gasteiger partial charge in [0.05, 0.1) is 22.3 Å². The predicted molar refractivity (Wildman–Crippen MR) is 100 cm³/mol. The Morgan fingerprint density at radius 2 is 1.89 bits per heavy atom. The van der Waals surface area contributed by atoms with E-state index in [-0.39, 0.29) is 47.3 Å². The number of alkyl halides is 2. The smallest absolute Gasteiger partial charge is 0.251 e. The number of benzene rings is 1. The number of aromatic nitrogens is 3. The molecule has 4 rings (SSSR count). The van der Waals surface area contributed by atoms with Crippen LogP contribution in [0.2, 0.25) is 10.2 Å². The molecule has 1 aliphatic heterocycles. The third-order valence-corrected chi connectivity index (χ3v) is 5.31. The average molecular weight is 429 g/mol. The fourth-order valence-corrected chi connectivity index (χ4v) is 3.84. The lowest BCUT2D eigenvalue weighted by molar-refractivity contribution is -0.0222. The van der Waals surface area contributed by atoms with Gasteiger partial charge in [0, 0.05) is 31.5 Å². The van der Waals surface area contributed by atoms with E-state index < -0.39 is 11.7 Å². The highest BCUT2D eigenvalue weighted by Crippen LogP contribution is 2.42. The highest BCUT2D eigenvalue weighted by atomic mass is 35.5. The summed E-state index contributed by atoms with van der Waals surface area (Å²) in [6.45, 7) is 0.0923. The number of fused-ring (bicyclic) bond motifs is 1. The van der Waals surface area contributed by atoms with Crippen LogP contribution in [0.1, 0.15) is 23.2 Å². The van der Waals surface area contributed by atoms with Crippen molar-refractivity contribution >= 4 is 41.0 Å². The van der Waals surface area contributed by atoms with Crippen molar-refractivity contribution in [2.75, 3.05) is 18.0 Å². The van der Waals surface area contributed by atoms with Gasteiger partial charge in [-0.15, -0.1) is 0 Å². The maximum Gasteiger partial charge on any atom is 0.251 e. The van der Waals surface area contributed by atoms with Crippen molar-refractivity contribution in [2.45, 2.75) is 18.8 Å². The molecular weight excluding hydrogens is 416 g/mol. The number of hydrogen-bond acceptors (Lipinski definition) is 4. The van der Waals surface area contributed by atoms with Crippen LogP contribution in [0.5, 0.6) is 0 Å². The standard InChI is InChI=1S/C18H13Cl2F3N4O/c19-13-7-11(21)1-2-12(13)14-15(20)25-16-10(9-28)8-24-27(16)17(14)26-5-3-18(22,23)4-6-26/h1-2,7-9H,3-6H2. The van der Waals surface area contributed by atoms with Crippen LogP contribution in [0.15, 0.2) is 24.4 Å². The fourth-order valence-electron chi connectivity index (χ4n) is 3.31. The van der Waals surface area contributed by atoms with E-state index in [0.717, 1.165) is 6.07 Å². The van der Waals surface area contributed by atoms with Gasteiger partial charge in [-0.2, -0.15) is 9.61 Å². The van der Waals surface area contributed by atoms with Crippen LogP contribution >= 0.6 is 23.2 Å². The highest BCUT2D eigenvalue weighted by molar-refractivity contribution is 6.36. The summed E-state index contributed by atoms with van der Waals surface area (Å²) in [7, 11) is 0. The minimum absolute atomic E-state index is 0.0111. The minimum atomic E-state index is -2.75. The molecule has 0 unspecified atom stereocenters. The second kappa shape index (κ2) is 6.93. The van der Waals surface area contributed by atoms with Crippen LogP contribution in [-0.4, -0.2) is 39.9 Å². The monoisotopic (exact) mass is 428 g/mol. The Morgan fingerprint density at radius 3 is 2.54 bits per heavy atom. The molecule has 1 aliphatic rings. The molecule has 3 heterocycles. The zero-order valence-corrected chi connectivity index (χ0v) is 15.8. The van der Waals surface area contributed by atoms with Gasteiger partial charge in [-0.25, -0.2) is 18.2 Å². The summed E-state index contributed by atoms with van der Waals surface area (Å²) in [6.07, 6.45) is 1.23. The van der Waals surface area contributed by atoms with E-state index in [2.05, 4.69) is 10.1 Å². The lowest BCUT2D eigenvalue weighted by Gasteiger charge is -2.34. The summed E-state index contributed by atoms with van der Waals surface area (Å²) in [4.78, 5) is 17.2. The molecular formula is C18H13Cl2F3N4O. The number of rotatable bonds is 3. The van der Waals surface area contributed by atoms with Gasteiger partial charge in [0.15, 0.2) is 11.9 Å². The summed E-state index contributed by atoms with van der Waals surface area (Å²) in [5, 5.41) is 4.30. The Morgan fingerprint density at radius 1 is 1.18 bits per heavy atom. The molecule has 0 aliphatic carbocycles. The van der Waals surface area contributed by atoms with Crippen LogP contribution in [-0.2, 0) is 0 Å². The molecule has 0 saturated carbocycles. The third-order valence-electron chi connectivity index (χ3n) is 4.73. The molecule has 0 atom stereocenters.